The highest BCUT2D eigenvalue weighted by atomic mass is 19.1. The molecule has 2 rings (SSSR count). The highest BCUT2D eigenvalue weighted by molar-refractivity contribution is 5.25. The second-order valence-electron chi connectivity index (χ2n) is 3.34. The van der Waals surface area contributed by atoms with Gasteiger partial charge < -0.3 is 5.73 Å². The second-order valence-corrected chi connectivity index (χ2v) is 3.34. The standard InChI is InChI=1S/C10H11FN4.C2H6/c1-7(12)8-2-3-10(13-4-8)15-6-9(11)5-14-15;1-2/h2-7H,12H2,1H3;1-2H3/t7-;/m0./s1. The molecule has 92 valence electrons. The van der Waals surface area contributed by atoms with E-state index in [1.54, 1.807) is 12.3 Å². The second kappa shape index (κ2) is 6.10. The first-order chi connectivity index (χ1) is 8.16. The summed E-state index contributed by atoms with van der Waals surface area (Å²) >= 11 is 0. The van der Waals surface area contributed by atoms with E-state index < -0.39 is 0 Å². The maximum absolute atomic E-state index is 12.7. The van der Waals surface area contributed by atoms with Crippen LogP contribution in [-0.2, 0) is 0 Å². The van der Waals surface area contributed by atoms with Crippen LogP contribution in [0.25, 0.3) is 5.82 Å². The van der Waals surface area contributed by atoms with Gasteiger partial charge >= 0.3 is 0 Å². The van der Waals surface area contributed by atoms with Crippen molar-refractivity contribution in [2.75, 3.05) is 0 Å². The lowest BCUT2D eigenvalue weighted by molar-refractivity contribution is 0.627. The van der Waals surface area contributed by atoms with Gasteiger partial charge in [0.1, 0.15) is 0 Å². The van der Waals surface area contributed by atoms with Gasteiger partial charge in [0.25, 0.3) is 0 Å². The van der Waals surface area contributed by atoms with Gasteiger partial charge in [-0.05, 0) is 18.6 Å². The number of halogens is 1. The molecule has 0 aliphatic carbocycles. The molecule has 0 amide bonds. The minimum Gasteiger partial charge on any atom is -0.324 e. The first-order valence-electron chi connectivity index (χ1n) is 5.59. The average molecular weight is 236 g/mol. The van der Waals surface area contributed by atoms with E-state index in [-0.39, 0.29) is 11.9 Å². The first-order valence-corrected chi connectivity index (χ1v) is 5.59. The predicted molar refractivity (Wildman–Crippen MR) is 65.3 cm³/mol. The van der Waals surface area contributed by atoms with E-state index >= 15 is 0 Å². The largest absolute Gasteiger partial charge is 0.324 e. The van der Waals surface area contributed by atoms with Gasteiger partial charge in [-0.25, -0.2) is 14.1 Å². The number of hydrogen-bond acceptors (Lipinski definition) is 3. The monoisotopic (exact) mass is 236 g/mol. The summed E-state index contributed by atoms with van der Waals surface area (Å²) in [5, 5.41) is 3.81. The van der Waals surface area contributed by atoms with Crippen LogP contribution in [0.4, 0.5) is 4.39 Å². The molecule has 2 aromatic rings. The van der Waals surface area contributed by atoms with Crippen LogP contribution in [0.5, 0.6) is 0 Å². The highest BCUT2D eigenvalue weighted by Gasteiger charge is 2.03. The average Bonchev–Trinajstić information content (AvgIpc) is 2.79. The Balaban J connectivity index is 0.000000686. The molecule has 2 heterocycles. The Kier molecular flexibility index (Phi) is 4.78. The summed E-state index contributed by atoms with van der Waals surface area (Å²) in [7, 11) is 0. The van der Waals surface area contributed by atoms with E-state index in [9.17, 15) is 4.39 Å². The summed E-state index contributed by atoms with van der Waals surface area (Å²) in [6, 6.07) is 3.55. The van der Waals surface area contributed by atoms with Crippen molar-refractivity contribution in [1.29, 1.82) is 0 Å². The lowest BCUT2D eigenvalue weighted by atomic mass is 10.2. The van der Waals surface area contributed by atoms with Crippen LogP contribution in [0.2, 0.25) is 0 Å². The van der Waals surface area contributed by atoms with E-state index in [4.69, 9.17) is 5.73 Å². The van der Waals surface area contributed by atoms with E-state index in [2.05, 4.69) is 10.1 Å². The molecule has 0 aromatic carbocycles. The third-order valence-electron chi connectivity index (χ3n) is 2.08. The van der Waals surface area contributed by atoms with Gasteiger partial charge in [0.2, 0.25) is 0 Å². The number of aromatic nitrogens is 3. The molecule has 5 heteroatoms. The minimum absolute atomic E-state index is 0.0547. The fourth-order valence-electron chi connectivity index (χ4n) is 1.23. The Labute approximate surface area is 100 Å². The molecule has 4 nitrogen and oxygen atoms in total. The van der Waals surface area contributed by atoms with Crippen molar-refractivity contribution >= 4 is 0 Å². The number of hydrogen-bond donors (Lipinski definition) is 1. The van der Waals surface area contributed by atoms with Crippen molar-refractivity contribution in [1.82, 2.24) is 14.8 Å². The molecule has 0 saturated carbocycles. The Morgan fingerprint density at radius 3 is 2.41 bits per heavy atom. The summed E-state index contributed by atoms with van der Waals surface area (Å²) in [6.07, 6.45) is 4.08. The van der Waals surface area contributed by atoms with Gasteiger partial charge in [-0.2, -0.15) is 5.10 Å². The van der Waals surface area contributed by atoms with Gasteiger partial charge in [-0.15, -0.1) is 0 Å². The van der Waals surface area contributed by atoms with Crippen LogP contribution < -0.4 is 5.73 Å². The Morgan fingerprint density at radius 1 is 1.29 bits per heavy atom. The fourth-order valence-corrected chi connectivity index (χ4v) is 1.23. The van der Waals surface area contributed by atoms with Crippen molar-refractivity contribution in [3.8, 4) is 5.82 Å². The molecule has 2 aromatic heterocycles. The molecule has 1 atom stereocenters. The summed E-state index contributed by atoms with van der Waals surface area (Å²) in [5.41, 5.74) is 6.62. The van der Waals surface area contributed by atoms with E-state index in [1.165, 1.54) is 10.9 Å². The van der Waals surface area contributed by atoms with Crippen molar-refractivity contribution in [2.45, 2.75) is 26.8 Å². The maximum atomic E-state index is 12.7. The van der Waals surface area contributed by atoms with Crippen molar-refractivity contribution in [3.63, 3.8) is 0 Å². The SMILES string of the molecule is CC.C[C@H](N)c1ccc(-n2cc(F)cn2)nc1. The molecular formula is C12H17FN4. The van der Waals surface area contributed by atoms with Crippen LogP contribution in [0, 0.1) is 5.82 Å². The number of nitrogens with zero attached hydrogens (tertiary/aromatic N) is 3. The predicted octanol–water partition coefficient (Wildman–Crippen LogP) is 2.45. The van der Waals surface area contributed by atoms with Crippen molar-refractivity contribution < 1.29 is 4.39 Å². The maximum Gasteiger partial charge on any atom is 0.161 e. The minimum atomic E-state index is -0.381. The van der Waals surface area contributed by atoms with Crippen LogP contribution in [0.3, 0.4) is 0 Å². The van der Waals surface area contributed by atoms with Crippen LogP contribution in [-0.4, -0.2) is 14.8 Å². The van der Waals surface area contributed by atoms with Gasteiger partial charge in [-0.3, -0.25) is 0 Å². The van der Waals surface area contributed by atoms with Crippen molar-refractivity contribution in [2.24, 2.45) is 5.73 Å². The van der Waals surface area contributed by atoms with E-state index in [1.807, 2.05) is 26.8 Å². The number of pyridine rings is 1. The normalized spacial score (nSPS) is 11.6. The Morgan fingerprint density at radius 2 is 2.00 bits per heavy atom. The number of rotatable bonds is 2. The molecule has 0 radical (unpaired) electrons. The lowest BCUT2D eigenvalue weighted by Crippen LogP contribution is -2.06. The van der Waals surface area contributed by atoms with Crippen LogP contribution >= 0.6 is 0 Å². The van der Waals surface area contributed by atoms with E-state index in [0.29, 0.717) is 5.82 Å². The zero-order chi connectivity index (χ0) is 12.8. The molecular weight excluding hydrogens is 219 g/mol. The number of nitrogens with two attached hydrogens (primary N) is 1. The van der Waals surface area contributed by atoms with Gasteiger partial charge in [0.05, 0.1) is 12.4 Å². The molecule has 0 unspecified atom stereocenters. The molecule has 2 N–H and O–H groups in total. The van der Waals surface area contributed by atoms with Crippen LogP contribution in [0.15, 0.2) is 30.7 Å². The van der Waals surface area contributed by atoms with Crippen molar-refractivity contribution in [3.05, 3.63) is 42.1 Å². The topological polar surface area (TPSA) is 56.7 Å². The van der Waals surface area contributed by atoms with Gasteiger partial charge in [-0.1, -0.05) is 19.9 Å². The molecule has 0 bridgehead atoms. The molecule has 0 aliphatic rings. The Hall–Kier alpha value is -1.75. The zero-order valence-electron chi connectivity index (χ0n) is 10.3. The molecule has 0 fully saturated rings. The third kappa shape index (κ3) is 3.35. The molecule has 0 saturated heterocycles. The summed E-state index contributed by atoms with van der Waals surface area (Å²) in [5.74, 6) is 0.191. The zero-order valence-corrected chi connectivity index (χ0v) is 10.3. The van der Waals surface area contributed by atoms with E-state index in [0.717, 1.165) is 11.8 Å². The summed E-state index contributed by atoms with van der Waals surface area (Å²) < 4.78 is 14.1. The summed E-state index contributed by atoms with van der Waals surface area (Å²) in [6.45, 7) is 5.88. The highest BCUT2D eigenvalue weighted by Crippen LogP contribution is 2.10. The van der Waals surface area contributed by atoms with Gasteiger partial charge in [0, 0.05) is 12.2 Å². The van der Waals surface area contributed by atoms with Gasteiger partial charge in [0.15, 0.2) is 11.6 Å². The quantitative estimate of drug-likeness (QED) is 0.871. The third-order valence-corrected chi connectivity index (χ3v) is 2.08. The summed E-state index contributed by atoms with van der Waals surface area (Å²) in [4.78, 5) is 4.14. The van der Waals surface area contributed by atoms with Crippen LogP contribution in [0.1, 0.15) is 32.4 Å². The molecule has 0 aliphatic heterocycles. The smallest absolute Gasteiger partial charge is 0.161 e. The lowest BCUT2D eigenvalue weighted by Gasteiger charge is -2.05. The Bertz CT molecular complexity index is 448. The molecule has 0 spiro atoms. The molecule has 17 heavy (non-hydrogen) atoms. The fraction of sp³-hybridized carbons (Fsp3) is 0.333. The first kappa shape index (κ1) is 13.3.